The van der Waals surface area contributed by atoms with Crippen molar-refractivity contribution in [2.24, 2.45) is 0 Å². The third-order valence-corrected chi connectivity index (χ3v) is 7.87. The molecule has 1 saturated carbocycles. The standard InChI is InChI=1S/C31H35NO3/c1-3-21-14-16-23(17-15-21)29-28(31(34)35-25-12-8-5-9-13-25)20(2)32-26-18-24(19-27(33)30(26)29)22-10-6-4-7-11-22/h4,6-7,10-11,14-17,24-25,29,32H,3,5,8-9,12-13,18-19H2,1-2H3/t24-,29-/m0/s1. The fourth-order valence-corrected chi connectivity index (χ4v) is 5.95. The van der Waals surface area contributed by atoms with Gasteiger partial charge in [0.2, 0.25) is 0 Å². The van der Waals surface area contributed by atoms with Gasteiger partial charge in [-0.1, -0.05) is 67.9 Å². The maximum Gasteiger partial charge on any atom is 0.337 e. The molecule has 0 spiro atoms. The zero-order valence-electron chi connectivity index (χ0n) is 20.8. The minimum atomic E-state index is -0.391. The van der Waals surface area contributed by atoms with Crippen LogP contribution in [-0.4, -0.2) is 17.9 Å². The highest BCUT2D eigenvalue weighted by Crippen LogP contribution is 2.46. The van der Waals surface area contributed by atoms with Gasteiger partial charge in [0.05, 0.1) is 5.57 Å². The molecular formula is C31H35NO3. The van der Waals surface area contributed by atoms with Crippen molar-refractivity contribution in [2.75, 3.05) is 0 Å². The van der Waals surface area contributed by atoms with Gasteiger partial charge < -0.3 is 10.1 Å². The normalized spacial score (nSPS) is 23.1. The first-order valence-corrected chi connectivity index (χ1v) is 13.1. The predicted octanol–water partition coefficient (Wildman–Crippen LogP) is 6.49. The fourth-order valence-electron chi connectivity index (χ4n) is 5.95. The van der Waals surface area contributed by atoms with Gasteiger partial charge in [-0.05, 0) is 68.1 Å². The van der Waals surface area contributed by atoms with Crippen molar-refractivity contribution >= 4 is 11.8 Å². The molecule has 1 heterocycles. The van der Waals surface area contributed by atoms with Crippen LogP contribution in [0, 0.1) is 0 Å². The SMILES string of the molecule is CCc1ccc([C@H]2C(C(=O)OC3CCCCC3)=C(C)NC3=C2C(=O)C[C@@H](c2ccccc2)C3)cc1. The molecule has 0 amide bonds. The Morgan fingerprint density at radius 2 is 1.66 bits per heavy atom. The second kappa shape index (κ2) is 10.2. The molecule has 35 heavy (non-hydrogen) atoms. The van der Waals surface area contributed by atoms with Crippen molar-refractivity contribution in [3.05, 3.63) is 93.8 Å². The summed E-state index contributed by atoms with van der Waals surface area (Å²) in [6, 6.07) is 18.6. The lowest BCUT2D eigenvalue weighted by Crippen LogP contribution is -2.37. The van der Waals surface area contributed by atoms with Crippen LogP contribution in [0.15, 0.2) is 77.1 Å². The first kappa shape index (κ1) is 23.6. The molecule has 0 radical (unpaired) electrons. The molecular weight excluding hydrogens is 434 g/mol. The van der Waals surface area contributed by atoms with Gasteiger partial charge in [0.1, 0.15) is 6.10 Å². The zero-order chi connectivity index (χ0) is 24.4. The van der Waals surface area contributed by atoms with Gasteiger partial charge in [0, 0.05) is 29.3 Å². The van der Waals surface area contributed by atoms with E-state index in [4.69, 9.17) is 4.74 Å². The van der Waals surface area contributed by atoms with Gasteiger partial charge >= 0.3 is 5.97 Å². The molecule has 182 valence electrons. The number of ketones is 1. The molecule has 4 nitrogen and oxygen atoms in total. The molecule has 4 heteroatoms. The molecule has 1 fully saturated rings. The first-order valence-electron chi connectivity index (χ1n) is 13.1. The number of carbonyl (C=O) groups is 2. The summed E-state index contributed by atoms with van der Waals surface area (Å²) < 4.78 is 6.03. The van der Waals surface area contributed by atoms with Crippen LogP contribution >= 0.6 is 0 Å². The van der Waals surface area contributed by atoms with Crippen LogP contribution in [0.1, 0.15) is 87.3 Å². The molecule has 2 aliphatic carbocycles. The highest BCUT2D eigenvalue weighted by Gasteiger charge is 2.41. The molecule has 3 aliphatic rings. The van der Waals surface area contributed by atoms with Gasteiger partial charge in [-0.15, -0.1) is 0 Å². The van der Waals surface area contributed by atoms with Crippen molar-refractivity contribution in [3.8, 4) is 0 Å². The lowest BCUT2D eigenvalue weighted by atomic mass is 9.71. The Balaban J connectivity index is 1.52. The van der Waals surface area contributed by atoms with Crippen LogP contribution in [0.4, 0.5) is 0 Å². The molecule has 0 bridgehead atoms. The number of allylic oxidation sites excluding steroid dienone is 3. The van der Waals surface area contributed by atoms with Crippen LogP contribution < -0.4 is 5.32 Å². The minimum Gasteiger partial charge on any atom is -0.459 e. The monoisotopic (exact) mass is 469 g/mol. The summed E-state index contributed by atoms with van der Waals surface area (Å²) in [4.78, 5) is 27.3. The number of Topliss-reactive ketones (excluding diaryl/α,β-unsaturated/α-hetero) is 1. The molecule has 0 saturated heterocycles. The van der Waals surface area contributed by atoms with Crippen LogP contribution in [0.2, 0.25) is 0 Å². The minimum absolute atomic E-state index is 0.0282. The lowest BCUT2D eigenvalue weighted by molar-refractivity contribution is -0.146. The van der Waals surface area contributed by atoms with E-state index in [-0.39, 0.29) is 23.8 Å². The third kappa shape index (κ3) is 4.84. The van der Waals surface area contributed by atoms with Crippen molar-refractivity contribution < 1.29 is 14.3 Å². The van der Waals surface area contributed by atoms with Gasteiger partial charge in [-0.3, -0.25) is 4.79 Å². The summed E-state index contributed by atoms with van der Waals surface area (Å²) in [6.07, 6.45) is 7.39. The van der Waals surface area contributed by atoms with Crippen LogP contribution in [-0.2, 0) is 20.7 Å². The Labute approximate surface area is 208 Å². The van der Waals surface area contributed by atoms with E-state index < -0.39 is 5.92 Å². The second-order valence-electron chi connectivity index (χ2n) is 10.2. The number of ether oxygens (including phenoxy) is 1. The third-order valence-electron chi connectivity index (χ3n) is 7.87. The highest BCUT2D eigenvalue weighted by molar-refractivity contribution is 6.04. The number of hydrogen-bond acceptors (Lipinski definition) is 4. The summed E-state index contributed by atoms with van der Waals surface area (Å²) in [7, 11) is 0. The smallest absolute Gasteiger partial charge is 0.337 e. The summed E-state index contributed by atoms with van der Waals surface area (Å²) in [5.41, 5.74) is 6.48. The second-order valence-corrected chi connectivity index (χ2v) is 10.2. The molecule has 5 rings (SSSR count). The Morgan fingerprint density at radius 3 is 2.34 bits per heavy atom. The number of benzene rings is 2. The summed E-state index contributed by atoms with van der Waals surface area (Å²) >= 11 is 0. The van der Waals surface area contributed by atoms with Crippen LogP contribution in [0.3, 0.4) is 0 Å². The van der Waals surface area contributed by atoms with E-state index in [0.29, 0.717) is 12.0 Å². The molecule has 0 unspecified atom stereocenters. The van der Waals surface area contributed by atoms with E-state index in [1.165, 1.54) is 17.5 Å². The van der Waals surface area contributed by atoms with E-state index >= 15 is 0 Å². The first-order chi connectivity index (χ1) is 17.0. The van der Waals surface area contributed by atoms with Crippen molar-refractivity contribution in [2.45, 2.75) is 83.2 Å². The van der Waals surface area contributed by atoms with Gasteiger partial charge in [0.25, 0.3) is 0 Å². The van der Waals surface area contributed by atoms with Crippen LogP contribution in [0.5, 0.6) is 0 Å². The Hall–Kier alpha value is -3.14. The van der Waals surface area contributed by atoms with E-state index in [9.17, 15) is 9.59 Å². The number of rotatable bonds is 5. The number of carbonyl (C=O) groups excluding carboxylic acids is 2. The van der Waals surface area contributed by atoms with Gasteiger partial charge in [-0.2, -0.15) is 0 Å². The Bertz CT molecular complexity index is 1150. The summed E-state index contributed by atoms with van der Waals surface area (Å²) in [5.74, 6) is -0.414. The zero-order valence-corrected chi connectivity index (χ0v) is 20.8. The number of esters is 1. The quantitative estimate of drug-likeness (QED) is 0.509. The maximum absolute atomic E-state index is 13.7. The van der Waals surface area contributed by atoms with E-state index in [1.54, 1.807) is 0 Å². The summed E-state index contributed by atoms with van der Waals surface area (Å²) in [6.45, 7) is 4.08. The van der Waals surface area contributed by atoms with Crippen molar-refractivity contribution in [1.29, 1.82) is 0 Å². The summed E-state index contributed by atoms with van der Waals surface area (Å²) in [5, 5.41) is 3.48. The molecule has 1 aliphatic heterocycles. The Kier molecular flexibility index (Phi) is 6.90. The predicted molar refractivity (Wildman–Crippen MR) is 138 cm³/mol. The highest BCUT2D eigenvalue weighted by atomic mass is 16.5. The van der Waals surface area contributed by atoms with Crippen molar-refractivity contribution in [1.82, 2.24) is 5.32 Å². The van der Waals surface area contributed by atoms with Gasteiger partial charge in [0.15, 0.2) is 5.78 Å². The number of dihydropyridines is 1. The lowest BCUT2D eigenvalue weighted by Gasteiger charge is -2.37. The number of hydrogen-bond donors (Lipinski definition) is 1. The van der Waals surface area contributed by atoms with Crippen LogP contribution in [0.25, 0.3) is 0 Å². The topological polar surface area (TPSA) is 55.4 Å². The van der Waals surface area contributed by atoms with Crippen molar-refractivity contribution in [3.63, 3.8) is 0 Å². The maximum atomic E-state index is 13.7. The average Bonchev–Trinajstić information content (AvgIpc) is 2.89. The fraction of sp³-hybridized carbons (Fsp3) is 0.419. The van der Waals surface area contributed by atoms with E-state index in [0.717, 1.165) is 61.1 Å². The molecule has 0 aromatic heterocycles. The average molecular weight is 470 g/mol. The van der Waals surface area contributed by atoms with E-state index in [1.807, 2.05) is 25.1 Å². The van der Waals surface area contributed by atoms with E-state index in [2.05, 4.69) is 48.6 Å². The molecule has 2 aromatic rings. The Morgan fingerprint density at radius 1 is 0.943 bits per heavy atom. The largest absolute Gasteiger partial charge is 0.459 e. The molecule has 1 N–H and O–H groups in total. The molecule has 2 atom stereocenters. The van der Waals surface area contributed by atoms with Gasteiger partial charge in [-0.25, -0.2) is 4.79 Å². The number of nitrogens with one attached hydrogen (secondary N) is 1. The number of aryl methyl sites for hydroxylation is 1. The molecule has 2 aromatic carbocycles.